The number of amides is 1. The van der Waals surface area contributed by atoms with E-state index >= 15 is 0 Å². The van der Waals surface area contributed by atoms with Gasteiger partial charge in [0.1, 0.15) is 5.82 Å². The van der Waals surface area contributed by atoms with Gasteiger partial charge >= 0.3 is 0 Å². The fourth-order valence-electron chi connectivity index (χ4n) is 3.96. The van der Waals surface area contributed by atoms with Gasteiger partial charge in [-0.2, -0.15) is 0 Å². The first-order valence-corrected chi connectivity index (χ1v) is 10.0. The molecule has 1 aliphatic carbocycles. The number of ether oxygens (including phenoxy) is 1. The van der Waals surface area contributed by atoms with Gasteiger partial charge in [0.25, 0.3) is 5.91 Å². The van der Waals surface area contributed by atoms with Crippen molar-refractivity contribution in [3.8, 4) is 0 Å². The van der Waals surface area contributed by atoms with Crippen molar-refractivity contribution in [3.63, 3.8) is 0 Å². The van der Waals surface area contributed by atoms with Crippen LogP contribution < -0.4 is 5.32 Å². The van der Waals surface area contributed by atoms with Crippen LogP contribution in [0.25, 0.3) is 10.9 Å². The molecular weight excluding hydrogens is 343 g/mol. The van der Waals surface area contributed by atoms with Gasteiger partial charge in [0.2, 0.25) is 0 Å². The molecule has 1 aromatic heterocycles. The number of nitrogens with zero attached hydrogens (tertiary/aromatic N) is 1. The molecule has 0 radical (unpaired) electrons. The average molecular weight is 370 g/mol. The van der Waals surface area contributed by atoms with Gasteiger partial charge in [-0.05, 0) is 62.3 Å². The maximum absolute atomic E-state index is 13.8. The van der Waals surface area contributed by atoms with Crippen LogP contribution >= 0.6 is 0 Å². The van der Waals surface area contributed by atoms with Crippen molar-refractivity contribution in [2.24, 2.45) is 5.92 Å². The van der Waals surface area contributed by atoms with Crippen LogP contribution in [-0.2, 0) is 4.74 Å². The molecule has 2 atom stereocenters. The van der Waals surface area contributed by atoms with Crippen molar-refractivity contribution < 1.29 is 13.9 Å². The number of carbonyl (C=O) groups is 1. The quantitative estimate of drug-likeness (QED) is 0.838. The van der Waals surface area contributed by atoms with E-state index in [0.29, 0.717) is 34.9 Å². The van der Waals surface area contributed by atoms with Gasteiger partial charge in [0, 0.05) is 29.6 Å². The predicted molar refractivity (Wildman–Crippen MR) is 103 cm³/mol. The molecular formula is C22H27FN2O2. The van der Waals surface area contributed by atoms with Gasteiger partial charge in [0.05, 0.1) is 17.2 Å². The first kappa shape index (κ1) is 18.4. The number of fused-ring (bicyclic) bond motifs is 1. The van der Waals surface area contributed by atoms with Crippen molar-refractivity contribution in [3.05, 3.63) is 41.3 Å². The minimum Gasteiger partial charge on any atom is -0.378 e. The zero-order valence-corrected chi connectivity index (χ0v) is 16.0. The van der Waals surface area contributed by atoms with E-state index in [-0.39, 0.29) is 23.9 Å². The number of hydrogen-bond acceptors (Lipinski definition) is 3. The highest BCUT2D eigenvalue weighted by molar-refractivity contribution is 6.06. The molecule has 2 heterocycles. The molecule has 0 unspecified atom stereocenters. The van der Waals surface area contributed by atoms with Gasteiger partial charge < -0.3 is 10.1 Å². The lowest BCUT2D eigenvalue weighted by molar-refractivity contribution is -0.00845. The Balaban J connectivity index is 1.57. The van der Waals surface area contributed by atoms with Gasteiger partial charge in [-0.3, -0.25) is 9.78 Å². The van der Waals surface area contributed by atoms with E-state index in [2.05, 4.69) is 24.1 Å². The van der Waals surface area contributed by atoms with Crippen LogP contribution in [0.2, 0.25) is 0 Å². The van der Waals surface area contributed by atoms with Crippen molar-refractivity contribution in [2.45, 2.75) is 64.0 Å². The number of pyridine rings is 1. The average Bonchev–Trinajstić information content (AvgIpc) is 3.45. The third-order valence-electron chi connectivity index (χ3n) is 5.47. The van der Waals surface area contributed by atoms with E-state index in [1.54, 1.807) is 6.07 Å². The summed E-state index contributed by atoms with van der Waals surface area (Å²) in [7, 11) is 0. The Labute approximate surface area is 159 Å². The van der Waals surface area contributed by atoms with E-state index in [4.69, 9.17) is 4.74 Å². The Bertz CT molecular complexity index is 848. The second-order valence-corrected chi connectivity index (χ2v) is 8.35. The number of benzene rings is 1. The molecule has 4 nitrogen and oxygen atoms in total. The lowest BCUT2D eigenvalue weighted by Gasteiger charge is -2.31. The van der Waals surface area contributed by atoms with Gasteiger partial charge in [-0.15, -0.1) is 0 Å². The van der Waals surface area contributed by atoms with E-state index in [0.717, 1.165) is 37.8 Å². The molecule has 2 fully saturated rings. The third-order valence-corrected chi connectivity index (χ3v) is 5.47. The van der Waals surface area contributed by atoms with E-state index < -0.39 is 0 Å². The van der Waals surface area contributed by atoms with Crippen molar-refractivity contribution in [1.29, 1.82) is 0 Å². The van der Waals surface area contributed by atoms with Crippen molar-refractivity contribution in [2.75, 3.05) is 6.61 Å². The summed E-state index contributed by atoms with van der Waals surface area (Å²) >= 11 is 0. The van der Waals surface area contributed by atoms with Crippen LogP contribution in [0.15, 0.2) is 24.3 Å². The highest BCUT2D eigenvalue weighted by Crippen LogP contribution is 2.40. The number of rotatable bonds is 5. The molecule has 1 saturated carbocycles. The van der Waals surface area contributed by atoms with E-state index in [1.165, 1.54) is 12.1 Å². The maximum atomic E-state index is 13.8. The molecule has 1 saturated heterocycles. The zero-order chi connectivity index (χ0) is 19.0. The number of halogens is 1. The van der Waals surface area contributed by atoms with Gasteiger partial charge in [-0.25, -0.2) is 4.39 Å². The molecule has 4 rings (SSSR count). The summed E-state index contributed by atoms with van der Waals surface area (Å²) in [5.74, 6) is 0.521. The van der Waals surface area contributed by atoms with E-state index in [1.807, 2.05) is 6.07 Å². The minimum absolute atomic E-state index is 0.0937. The Hall–Kier alpha value is -2.01. The smallest absolute Gasteiger partial charge is 0.252 e. The number of nitrogens with one attached hydrogen (secondary N) is 1. The summed E-state index contributed by atoms with van der Waals surface area (Å²) in [4.78, 5) is 17.7. The van der Waals surface area contributed by atoms with E-state index in [9.17, 15) is 9.18 Å². The molecule has 2 aliphatic rings. The summed E-state index contributed by atoms with van der Waals surface area (Å²) in [6.07, 6.45) is 5.05. The van der Waals surface area contributed by atoms with Gasteiger partial charge in [0.15, 0.2) is 0 Å². The fraction of sp³-hybridized carbons (Fsp3) is 0.545. The third kappa shape index (κ3) is 4.29. The van der Waals surface area contributed by atoms with Crippen LogP contribution in [-0.4, -0.2) is 29.6 Å². The standard InChI is InChI=1S/C22H27FN2O2/c1-13(2)9-17-11-16(7-8-27-17)24-22(26)19-12-21(14-3-4-14)25-20-6-5-15(23)10-18(19)20/h5-6,10,12-14,16-17H,3-4,7-9,11H2,1-2H3,(H,24,26)/t16-,17+/m0/s1. The first-order chi connectivity index (χ1) is 13.0. The second-order valence-electron chi connectivity index (χ2n) is 8.35. The first-order valence-electron chi connectivity index (χ1n) is 10.0. The maximum Gasteiger partial charge on any atom is 0.252 e. The topological polar surface area (TPSA) is 51.2 Å². The largest absolute Gasteiger partial charge is 0.378 e. The molecule has 1 aliphatic heterocycles. The zero-order valence-electron chi connectivity index (χ0n) is 16.0. The number of hydrogen-bond donors (Lipinski definition) is 1. The van der Waals surface area contributed by atoms with Gasteiger partial charge in [-0.1, -0.05) is 13.8 Å². The lowest BCUT2D eigenvalue weighted by Crippen LogP contribution is -2.42. The summed E-state index contributed by atoms with van der Waals surface area (Å²) in [5.41, 5.74) is 2.17. The van der Waals surface area contributed by atoms with Crippen LogP contribution in [0, 0.1) is 11.7 Å². The Morgan fingerprint density at radius 2 is 2.11 bits per heavy atom. The van der Waals surface area contributed by atoms with Crippen LogP contribution in [0.5, 0.6) is 0 Å². The Morgan fingerprint density at radius 1 is 1.30 bits per heavy atom. The summed E-state index contributed by atoms with van der Waals surface area (Å²) in [6.45, 7) is 5.03. The summed E-state index contributed by atoms with van der Waals surface area (Å²) < 4.78 is 19.6. The molecule has 1 amide bonds. The molecule has 0 spiro atoms. The summed E-state index contributed by atoms with van der Waals surface area (Å²) in [6, 6.07) is 6.44. The molecule has 27 heavy (non-hydrogen) atoms. The lowest BCUT2D eigenvalue weighted by atomic mass is 9.95. The molecule has 144 valence electrons. The van der Waals surface area contributed by atoms with Crippen LogP contribution in [0.3, 0.4) is 0 Å². The molecule has 1 N–H and O–H groups in total. The normalized spacial score (nSPS) is 23.0. The highest BCUT2D eigenvalue weighted by Gasteiger charge is 2.29. The monoisotopic (exact) mass is 370 g/mol. The minimum atomic E-state index is -0.347. The Kier molecular flexibility index (Phi) is 5.13. The Morgan fingerprint density at radius 3 is 2.85 bits per heavy atom. The van der Waals surface area contributed by atoms with Crippen molar-refractivity contribution in [1.82, 2.24) is 10.3 Å². The number of aromatic nitrogens is 1. The van der Waals surface area contributed by atoms with Crippen molar-refractivity contribution >= 4 is 16.8 Å². The molecule has 2 aromatic rings. The predicted octanol–water partition coefficient (Wildman–Crippen LogP) is 4.57. The SMILES string of the molecule is CC(C)C[C@@H]1C[C@@H](NC(=O)c2cc(C3CC3)nc3ccc(F)cc23)CCO1. The molecule has 5 heteroatoms. The molecule has 1 aromatic carbocycles. The van der Waals surface area contributed by atoms with Crippen LogP contribution in [0.1, 0.15) is 67.9 Å². The fourth-order valence-corrected chi connectivity index (χ4v) is 3.96. The molecule has 0 bridgehead atoms. The highest BCUT2D eigenvalue weighted by atomic mass is 19.1. The number of carbonyl (C=O) groups excluding carboxylic acids is 1. The van der Waals surface area contributed by atoms with Crippen LogP contribution in [0.4, 0.5) is 4.39 Å². The second kappa shape index (κ2) is 7.55. The summed E-state index contributed by atoms with van der Waals surface area (Å²) in [5, 5.41) is 3.75.